The molecule has 0 atom stereocenters. The molecule has 3 rings (SSSR count). The van der Waals surface area contributed by atoms with Crippen molar-refractivity contribution in [2.75, 3.05) is 5.32 Å². The lowest BCUT2D eigenvalue weighted by molar-refractivity contribution is -0.113. The lowest BCUT2D eigenvalue weighted by Crippen LogP contribution is -2.27. The van der Waals surface area contributed by atoms with E-state index in [1.54, 1.807) is 39.0 Å². The van der Waals surface area contributed by atoms with Crippen molar-refractivity contribution in [3.05, 3.63) is 58.9 Å². The number of aryl methyl sites for hydroxylation is 1. The number of ketones is 1. The summed E-state index contributed by atoms with van der Waals surface area (Å²) >= 11 is 1.54. The molecule has 1 N–H and O–H groups in total. The molecule has 29 heavy (non-hydrogen) atoms. The number of rotatable bonds is 6. The Morgan fingerprint density at radius 1 is 1.24 bits per heavy atom. The zero-order valence-corrected chi connectivity index (χ0v) is 17.9. The topological polar surface area (TPSA) is 72.7 Å². The van der Waals surface area contributed by atoms with Crippen LogP contribution in [0.4, 0.5) is 10.5 Å². The van der Waals surface area contributed by atoms with Gasteiger partial charge in [-0.25, -0.2) is 9.78 Å². The molecular formula is C22H25N3O3S. The van der Waals surface area contributed by atoms with Crippen molar-refractivity contribution < 1.29 is 14.3 Å². The second-order valence-corrected chi connectivity index (χ2v) is 8.71. The minimum absolute atomic E-state index is 0.0521. The Hall–Kier alpha value is -2.93. The average Bonchev–Trinajstić information content (AvgIpc) is 3.18. The molecule has 2 aromatic heterocycles. The van der Waals surface area contributed by atoms with E-state index in [1.165, 1.54) is 11.3 Å². The van der Waals surface area contributed by atoms with Crippen molar-refractivity contribution in [3.8, 4) is 0 Å². The highest BCUT2D eigenvalue weighted by Gasteiger charge is 2.17. The van der Waals surface area contributed by atoms with E-state index in [1.807, 2.05) is 35.0 Å². The molecule has 0 spiro atoms. The molecule has 1 aromatic carbocycles. The first kappa shape index (κ1) is 20.8. The van der Waals surface area contributed by atoms with Crippen molar-refractivity contribution in [1.82, 2.24) is 9.38 Å². The van der Waals surface area contributed by atoms with Crippen LogP contribution in [0.3, 0.4) is 0 Å². The molecule has 2 heterocycles. The highest BCUT2D eigenvalue weighted by atomic mass is 32.1. The molecule has 0 saturated carbocycles. The Morgan fingerprint density at radius 2 is 2.00 bits per heavy atom. The van der Waals surface area contributed by atoms with Gasteiger partial charge in [0.1, 0.15) is 5.60 Å². The molecule has 0 unspecified atom stereocenters. The largest absolute Gasteiger partial charge is 0.444 e. The van der Waals surface area contributed by atoms with Crippen LogP contribution in [0.25, 0.3) is 11.0 Å². The number of benzene rings is 1. The normalized spacial score (nSPS) is 11.9. The molecule has 0 aliphatic carbocycles. The van der Waals surface area contributed by atoms with Crippen molar-refractivity contribution >= 4 is 39.9 Å². The lowest BCUT2D eigenvalue weighted by Gasteiger charge is -2.20. The van der Waals surface area contributed by atoms with Crippen LogP contribution in [0, 0.1) is 0 Å². The Bertz CT molecular complexity index is 1030. The fraction of sp³-hybridized carbons (Fsp3) is 0.318. The highest BCUT2D eigenvalue weighted by molar-refractivity contribution is 7.17. The summed E-state index contributed by atoms with van der Waals surface area (Å²) in [7, 11) is 0. The van der Waals surface area contributed by atoms with Gasteiger partial charge < -0.3 is 4.74 Å². The maximum Gasteiger partial charge on any atom is 0.412 e. The SMILES string of the molecule is CCc1cn2cc(/C=C/C(=O)Cc3ccccc3NC(=O)OC(C)(C)C)sc2n1. The Balaban J connectivity index is 1.66. The second kappa shape index (κ2) is 8.61. The summed E-state index contributed by atoms with van der Waals surface area (Å²) in [6, 6.07) is 7.23. The highest BCUT2D eigenvalue weighted by Crippen LogP contribution is 2.21. The number of carbonyl (C=O) groups excluding carboxylic acids is 2. The third kappa shape index (κ3) is 5.77. The van der Waals surface area contributed by atoms with Gasteiger partial charge in [0.2, 0.25) is 0 Å². The molecule has 0 bridgehead atoms. The van der Waals surface area contributed by atoms with Gasteiger partial charge in [0.05, 0.1) is 5.69 Å². The van der Waals surface area contributed by atoms with E-state index in [-0.39, 0.29) is 12.2 Å². The van der Waals surface area contributed by atoms with Crippen LogP contribution in [-0.2, 0) is 22.4 Å². The minimum Gasteiger partial charge on any atom is -0.444 e. The van der Waals surface area contributed by atoms with Gasteiger partial charge in [0, 0.05) is 29.4 Å². The third-order valence-corrected chi connectivity index (χ3v) is 5.00. The van der Waals surface area contributed by atoms with E-state index in [9.17, 15) is 9.59 Å². The maximum absolute atomic E-state index is 12.5. The predicted molar refractivity (Wildman–Crippen MR) is 116 cm³/mol. The smallest absolute Gasteiger partial charge is 0.412 e. The zero-order chi connectivity index (χ0) is 21.0. The van der Waals surface area contributed by atoms with Crippen molar-refractivity contribution in [2.24, 2.45) is 0 Å². The fourth-order valence-electron chi connectivity index (χ4n) is 2.74. The first-order valence-electron chi connectivity index (χ1n) is 9.50. The van der Waals surface area contributed by atoms with Crippen LogP contribution >= 0.6 is 11.3 Å². The van der Waals surface area contributed by atoms with E-state index in [4.69, 9.17) is 4.74 Å². The van der Waals surface area contributed by atoms with Gasteiger partial charge in [-0.1, -0.05) is 36.5 Å². The van der Waals surface area contributed by atoms with Gasteiger partial charge in [-0.05, 0) is 51.0 Å². The van der Waals surface area contributed by atoms with Gasteiger partial charge in [0.25, 0.3) is 0 Å². The molecule has 152 valence electrons. The molecule has 6 nitrogen and oxygen atoms in total. The van der Waals surface area contributed by atoms with Crippen LogP contribution in [0.15, 0.2) is 42.7 Å². The van der Waals surface area contributed by atoms with Gasteiger partial charge in [-0.3, -0.25) is 14.5 Å². The molecule has 7 heteroatoms. The molecule has 3 aromatic rings. The number of hydrogen-bond donors (Lipinski definition) is 1. The van der Waals surface area contributed by atoms with E-state index in [0.29, 0.717) is 5.69 Å². The molecule has 1 amide bonds. The monoisotopic (exact) mass is 411 g/mol. The Kier molecular flexibility index (Phi) is 6.17. The second-order valence-electron chi connectivity index (χ2n) is 7.67. The Labute approximate surface area is 174 Å². The van der Waals surface area contributed by atoms with Crippen molar-refractivity contribution in [3.63, 3.8) is 0 Å². The van der Waals surface area contributed by atoms with Gasteiger partial charge in [-0.2, -0.15) is 0 Å². The van der Waals surface area contributed by atoms with Crippen molar-refractivity contribution in [2.45, 2.75) is 46.1 Å². The number of fused-ring (bicyclic) bond motifs is 1. The summed E-state index contributed by atoms with van der Waals surface area (Å²) in [5.41, 5.74) is 1.78. The Morgan fingerprint density at radius 3 is 2.69 bits per heavy atom. The van der Waals surface area contributed by atoms with E-state index in [2.05, 4.69) is 17.2 Å². The zero-order valence-electron chi connectivity index (χ0n) is 17.1. The molecule has 0 aliphatic heterocycles. The molecular weight excluding hydrogens is 386 g/mol. The number of imidazole rings is 1. The van der Waals surface area contributed by atoms with Gasteiger partial charge in [-0.15, -0.1) is 0 Å². The number of aromatic nitrogens is 2. The fourth-order valence-corrected chi connectivity index (χ4v) is 3.63. The third-order valence-electron chi connectivity index (χ3n) is 4.04. The van der Waals surface area contributed by atoms with Crippen molar-refractivity contribution in [1.29, 1.82) is 0 Å². The molecule has 0 radical (unpaired) electrons. The summed E-state index contributed by atoms with van der Waals surface area (Å²) in [4.78, 5) is 30.9. The number of carbonyl (C=O) groups is 2. The number of ether oxygens (including phenoxy) is 1. The molecule has 0 fully saturated rings. The summed E-state index contributed by atoms with van der Waals surface area (Å²) in [6.07, 6.45) is 7.88. The number of nitrogens with zero attached hydrogens (tertiary/aromatic N) is 2. The minimum atomic E-state index is -0.587. The summed E-state index contributed by atoms with van der Waals surface area (Å²) < 4.78 is 7.27. The van der Waals surface area contributed by atoms with E-state index < -0.39 is 11.7 Å². The van der Waals surface area contributed by atoms with E-state index >= 15 is 0 Å². The number of anilines is 1. The number of thiazole rings is 1. The number of allylic oxidation sites excluding steroid dienone is 1. The number of amides is 1. The molecule has 0 aliphatic rings. The van der Waals surface area contributed by atoms with Gasteiger partial charge in [0.15, 0.2) is 10.7 Å². The average molecular weight is 412 g/mol. The molecule has 0 saturated heterocycles. The number of para-hydroxylation sites is 1. The van der Waals surface area contributed by atoms with Crippen LogP contribution in [-0.4, -0.2) is 26.9 Å². The van der Waals surface area contributed by atoms with Gasteiger partial charge >= 0.3 is 6.09 Å². The quantitative estimate of drug-likeness (QED) is 0.571. The van der Waals surface area contributed by atoms with Crippen LogP contribution in [0.2, 0.25) is 0 Å². The standard InChI is InChI=1S/C22H25N3O3S/c1-5-16-13-25-14-18(29-20(25)23-16)11-10-17(26)12-15-8-6-7-9-19(15)24-21(27)28-22(2,3)4/h6-11,13-14H,5,12H2,1-4H3,(H,24,27)/b11-10+. The predicted octanol–water partition coefficient (Wildman–Crippen LogP) is 5.13. The summed E-state index contributed by atoms with van der Waals surface area (Å²) in [5.74, 6) is -0.0521. The van der Waals surface area contributed by atoms with Crippen LogP contribution in [0.1, 0.15) is 43.8 Å². The summed E-state index contributed by atoms with van der Waals surface area (Å²) in [6.45, 7) is 7.48. The maximum atomic E-state index is 12.5. The number of hydrogen-bond acceptors (Lipinski definition) is 5. The van der Waals surface area contributed by atoms with Crippen LogP contribution in [0.5, 0.6) is 0 Å². The lowest BCUT2D eigenvalue weighted by atomic mass is 10.1. The summed E-state index contributed by atoms with van der Waals surface area (Å²) in [5, 5.41) is 2.72. The first-order valence-corrected chi connectivity index (χ1v) is 10.3. The van der Waals surface area contributed by atoms with Crippen LogP contribution < -0.4 is 5.32 Å². The first-order chi connectivity index (χ1) is 13.7. The van der Waals surface area contributed by atoms with E-state index in [0.717, 1.165) is 27.5 Å². The number of nitrogens with one attached hydrogen (secondary N) is 1.